The molecule has 1 N–H and O–H groups in total. The molecule has 1 amide bonds. The molecule has 5 nitrogen and oxygen atoms in total. The first-order valence-corrected chi connectivity index (χ1v) is 7.79. The topological polar surface area (TPSA) is 67.0 Å². The number of hydrogen-bond acceptors (Lipinski definition) is 5. The fourth-order valence-electron chi connectivity index (χ4n) is 2.01. The van der Waals surface area contributed by atoms with Gasteiger partial charge in [-0.15, -0.1) is 5.10 Å². The van der Waals surface area contributed by atoms with Crippen molar-refractivity contribution in [3.63, 3.8) is 0 Å². The molecule has 22 heavy (non-hydrogen) atoms. The summed E-state index contributed by atoms with van der Waals surface area (Å²) in [7, 11) is 0. The minimum atomic E-state index is -0.238. The van der Waals surface area contributed by atoms with Crippen LogP contribution in [0.4, 0.5) is 5.69 Å². The summed E-state index contributed by atoms with van der Waals surface area (Å²) in [6.07, 6.45) is 3.89. The maximum Gasteiger partial charge on any atom is 0.237 e. The number of nitrogens with zero attached hydrogens (tertiary/aromatic N) is 2. The second-order valence-electron chi connectivity index (χ2n) is 4.84. The Bertz CT molecular complexity index is 708. The quantitative estimate of drug-likeness (QED) is 0.938. The summed E-state index contributed by atoms with van der Waals surface area (Å²) >= 11 is 1.43. The maximum absolute atomic E-state index is 12.2. The van der Waals surface area contributed by atoms with Gasteiger partial charge in [-0.3, -0.25) is 4.79 Å². The molecule has 0 radical (unpaired) electrons. The smallest absolute Gasteiger partial charge is 0.237 e. The number of para-hydroxylation sites is 1. The Balaban J connectivity index is 1.53. The molecule has 1 aromatic carbocycles. The molecular formula is C16H15N3O2S. The zero-order chi connectivity index (χ0) is 15.4. The first-order valence-electron chi connectivity index (χ1n) is 6.91. The molecule has 1 aromatic heterocycles. The fourth-order valence-corrected chi connectivity index (χ4v) is 2.89. The van der Waals surface area contributed by atoms with Crippen LogP contribution in [0.15, 0.2) is 63.5 Å². The van der Waals surface area contributed by atoms with Gasteiger partial charge in [-0.1, -0.05) is 30.0 Å². The molecule has 1 atom stereocenters. The Kier molecular flexibility index (Phi) is 4.39. The minimum Gasteiger partial charge on any atom is -0.472 e. The SMILES string of the molecule is CC(SC1=NN=C(c2ccoc2)C1)C(=O)Nc1ccccc1. The van der Waals surface area contributed by atoms with E-state index in [4.69, 9.17) is 4.42 Å². The van der Waals surface area contributed by atoms with E-state index in [0.29, 0.717) is 6.42 Å². The van der Waals surface area contributed by atoms with Crippen LogP contribution in [0.25, 0.3) is 0 Å². The molecule has 0 bridgehead atoms. The average Bonchev–Trinajstić information content (AvgIpc) is 3.19. The van der Waals surface area contributed by atoms with Gasteiger partial charge in [-0.25, -0.2) is 0 Å². The number of anilines is 1. The van der Waals surface area contributed by atoms with Gasteiger partial charge in [0.05, 0.1) is 23.5 Å². The van der Waals surface area contributed by atoms with Crippen LogP contribution in [0.3, 0.4) is 0 Å². The normalized spacial score (nSPS) is 15.1. The summed E-state index contributed by atoms with van der Waals surface area (Å²) < 4.78 is 5.05. The fraction of sp³-hybridized carbons (Fsp3) is 0.188. The van der Waals surface area contributed by atoms with Crippen molar-refractivity contribution in [3.05, 3.63) is 54.5 Å². The molecule has 1 aliphatic rings. The highest BCUT2D eigenvalue weighted by molar-refractivity contribution is 8.15. The van der Waals surface area contributed by atoms with Crippen LogP contribution in [0.2, 0.25) is 0 Å². The van der Waals surface area contributed by atoms with Gasteiger partial charge < -0.3 is 9.73 Å². The molecule has 3 rings (SSSR count). The van der Waals surface area contributed by atoms with Crippen LogP contribution in [-0.4, -0.2) is 21.9 Å². The highest BCUT2D eigenvalue weighted by Gasteiger charge is 2.21. The zero-order valence-corrected chi connectivity index (χ0v) is 12.8. The average molecular weight is 313 g/mol. The van der Waals surface area contributed by atoms with Gasteiger partial charge in [0.1, 0.15) is 5.04 Å². The molecule has 0 saturated carbocycles. The van der Waals surface area contributed by atoms with Crippen molar-refractivity contribution in [2.45, 2.75) is 18.6 Å². The summed E-state index contributed by atoms with van der Waals surface area (Å²) in [5.74, 6) is -0.0457. The molecule has 0 aliphatic carbocycles. The van der Waals surface area contributed by atoms with E-state index in [9.17, 15) is 4.79 Å². The third kappa shape index (κ3) is 3.46. The van der Waals surface area contributed by atoms with E-state index in [1.165, 1.54) is 11.8 Å². The van der Waals surface area contributed by atoms with Gasteiger partial charge in [-0.05, 0) is 25.1 Å². The lowest BCUT2D eigenvalue weighted by atomic mass is 10.2. The molecule has 2 heterocycles. The third-order valence-corrected chi connectivity index (χ3v) is 4.24. The largest absolute Gasteiger partial charge is 0.472 e. The summed E-state index contributed by atoms with van der Waals surface area (Å²) in [6.45, 7) is 1.86. The van der Waals surface area contributed by atoms with Gasteiger partial charge in [0.15, 0.2) is 0 Å². The molecule has 0 spiro atoms. The van der Waals surface area contributed by atoms with Gasteiger partial charge >= 0.3 is 0 Å². The highest BCUT2D eigenvalue weighted by atomic mass is 32.2. The lowest BCUT2D eigenvalue weighted by Crippen LogP contribution is -2.23. The van der Waals surface area contributed by atoms with Crippen molar-refractivity contribution in [1.82, 2.24) is 0 Å². The summed E-state index contributed by atoms with van der Waals surface area (Å²) in [5.41, 5.74) is 2.59. The minimum absolute atomic E-state index is 0.0457. The van der Waals surface area contributed by atoms with E-state index in [0.717, 1.165) is 22.0 Å². The number of nitrogens with one attached hydrogen (secondary N) is 1. The van der Waals surface area contributed by atoms with Crippen molar-refractivity contribution in [1.29, 1.82) is 0 Å². The molecule has 0 saturated heterocycles. The number of furan rings is 1. The lowest BCUT2D eigenvalue weighted by Gasteiger charge is -2.11. The number of thioether (sulfide) groups is 1. The van der Waals surface area contributed by atoms with Gasteiger partial charge in [0.25, 0.3) is 0 Å². The van der Waals surface area contributed by atoms with Crippen LogP contribution in [0, 0.1) is 0 Å². The molecule has 1 unspecified atom stereocenters. The Labute approximate surface area is 132 Å². The standard InChI is InChI=1S/C16H15N3O2S/c1-11(16(20)17-13-5-3-2-4-6-13)22-15-9-14(18-19-15)12-7-8-21-10-12/h2-8,10-11H,9H2,1H3,(H,17,20). The van der Waals surface area contributed by atoms with E-state index >= 15 is 0 Å². The van der Waals surface area contributed by atoms with Gasteiger partial charge in [0.2, 0.25) is 5.91 Å². The van der Waals surface area contributed by atoms with Crippen LogP contribution in [0.5, 0.6) is 0 Å². The number of hydrogen-bond donors (Lipinski definition) is 1. The van der Waals surface area contributed by atoms with Crippen molar-refractivity contribution in [3.8, 4) is 0 Å². The van der Waals surface area contributed by atoms with Crippen molar-refractivity contribution in [2.75, 3.05) is 5.32 Å². The zero-order valence-electron chi connectivity index (χ0n) is 12.0. The molecule has 0 fully saturated rings. The molecule has 1 aliphatic heterocycles. The van der Waals surface area contributed by atoms with E-state index in [2.05, 4.69) is 15.5 Å². The van der Waals surface area contributed by atoms with Crippen molar-refractivity contribution >= 4 is 34.1 Å². The Morgan fingerprint density at radius 1 is 1.27 bits per heavy atom. The lowest BCUT2D eigenvalue weighted by molar-refractivity contribution is -0.115. The number of amides is 1. The van der Waals surface area contributed by atoms with E-state index in [1.807, 2.05) is 43.3 Å². The molecule has 112 valence electrons. The molecule has 6 heteroatoms. The van der Waals surface area contributed by atoms with Crippen molar-refractivity contribution < 1.29 is 9.21 Å². The second-order valence-corrected chi connectivity index (χ2v) is 6.26. The van der Waals surface area contributed by atoms with Gasteiger partial charge in [-0.2, -0.15) is 5.10 Å². The molecule has 2 aromatic rings. The van der Waals surface area contributed by atoms with Crippen LogP contribution in [-0.2, 0) is 4.79 Å². The Morgan fingerprint density at radius 2 is 2.09 bits per heavy atom. The Morgan fingerprint density at radius 3 is 2.82 bits per heavy atom. The molecular weight excluding hydrogens is 298 g/mol. The third-order valence-electron chi connectivity index (χ3n) is 3.18. The summed E-state index contributed by atoms with van der Waals surface area (Å²) in [5, 5.41) is 11.8. The number of benzene rings is 1. The first-order chi connectivity index (χ1) is 10.7. The van der Waals surface area contributed by atoms with Gasteiger partial charge in [0, 0.05) is 17.7 Å². The first kappa shape index (κ1) is 14.6. The predicted octanol–water partition coefficient (Wildman–Crippen LogP) is 3.55. The van der Waals surface area contributed by atoms with Crippen LogP contribution < -0.4 is 5.32 Å². The van der Waals surface area contributed by atoms with Crippen molar-refractivity contribution in [2.24, 2.45) is 10.2 Å². The monoisotopic (exact) mass is 313 g/mol. The summed E-state index contributed by atoms with van der Waals surface area (Å²) in [4.78, 5) is 12.2. The number of rotatable bonds is 4. The Hall–Kier alpha value is -2.34. The number of carbonyl (C=O) groups excluding carboxylic acids is 1. The predicted molar refractivity (Wildman–Crippen MR) is 89.4 cm³/mol. The highest BCUT2D eigenvalue weighted by Crippen LogP contribution is 2.23. The maximum atomic E-state index is 12.2. The van der Waals surface area contributed by atoms with Crippen LogP contribution >= 0.6 is 11.8 Å². The van der Waals surface area contributed by atoms with Crippen LogP contribution in [0.1, 0.15) is 18.9 Å². The van der Waals surface area contributed by atoms with E-state index in [-0.39, 0.29) is 11.2 Å². The second kappa shape index (κ2) is 6.62. The summed E-state index contributed by atoms with van der Waals surface area (Å²) in [6, 6.07) is 11.3. The number of carbonyl (C=O) groups is 1. The van der Waals surface area contributed by atoms with E-state index < -0.39 is 0 Å². The van der Waals surface area contributed by atoms with E-state index in [1.54, 1.807) is 12.5 Å².